The number of hydrogen-bond acceptors (Lipinski definition) is 10. The lowest BCUT2D eigenvalue weighted by molar-refractivity contribution is -0.112. The molecule has 0 radical (unpaired) electrons. The molecule has 5 N–H and O–H groups in total. The van der Waals surface area contributed by atoms with E-state index in [9.17, 15) is 20.4 Å². The molecule has 0 bridgehead atoms. The van der Waals surface area contributed by atoms with Crippen molar-refractivity contribution in [3.8, 4) is 11.4 Å². The maximum Gasteiger partial charge on any atom is 0.230 e. The van der Waals surface area contributed by atoms with Crippen LogP contribution in [0.3, 0.4) is 0 Å². The molecule has 1 aromatic heterocycles. The van der Waals surface area contributed by atoms with Crippen molar-refractivity contribution in [1.29, 1.82) is 0 Å². The molecule has 2 rings (SSSR count). The fourth-order valence-corrected chi connectivity index (χ4v) is 3.24. The third-order valence-corrected chi connectivity index (χ3v) is 5.15. The summed E-state index contributed by atoms with van der Waals surface area (Å²) in [5.74, 6) is 0.505. The van der Waals surface area contributed by atoms with Gasteiger partial charge in [0.15, 0.2) is 5.82 Å². The standard InChI is InChI=1S/C20H30ClN5O5/c1-4-26(5-2)13-8-6-12(7-9-13)18-22-19(21)24-20(23-18)25(3)10-14(28)16(30)17(31)15(29)11-27/h6-9,14-17,27-31H,4-5,10-11H2,1-3H3/t14-,15+,16+,17+/m1/s1. The first-order valence-electron chi connectivity index (χ1n) is 10.0. The van der Waals surface area contributed by atoms with E-state index < -0.39 is 31.0 Å². The smallest absolute Gasteiger partial charge is 0.230 e. The van der Waals surface area contributed by atoms with Crippen molar-refractivity contribution in [2.75, 3.05) is 43.1 Å². The van der Waals surface area contributed by atoms with Crippen LogP contribution >= 0.6 is 11.6 Å². The molecule has 0 aliphatic carbocycles. The largest absolute Gasteiger partial charge is 0.394 e. The zero-order valence-corrected chi connectivity index (χ0v) is 18.6. The van der Waals surface area contributed by atoms with Gasteiger partial charge >= 0.3 is 0 Å². The Morgan fingerprint density at radius 2 is 1.48 bits per heavy atom. The summed E-state index contributed by atoms with van der Waals surface area (Å²) in [7, 11) is 1.57. The molecule has 2 aromatic rings. The van der Waals surface area contributed by atoms with E-state index in [4.69, 9.17) is 16.7 Å². The van der Waals surface area contributed by atoms with Gasteiger partial charge in [0.2, 0.25) is 11.2 Å². The fraction of sp³-hybridized carbons (Fsp3) is 0.550. The van der Waals surface area contributed by atoms with Crippen LogP contribution in [0.25, 0.3) is 11.4 Å². The number of anilines is 2. The van der Waals surface area contributed by atoms with Crippen LogP contribution < -0.4 is 9.80 Å². The van der Waals surface area contributed by atoms with Gasteiger partial charge in [-0.25, -0.2) is 0 Å². The van der Waals surface area contributed by atoms with Gasteiger partial charge in [-0.3, -0.25) is 0 Å². The molecule has 0 aliphatic heterocycles. The molecule has 4 atom stereocenters. The number of hydrogen-bond donors (Lipinski definition) is 5. The topological polar surface area (TPSA) is 146 Å². The number of aliphatic hydroxyl groups is 5. The molecule has 0 saturated carbocycles. The number of likely N-dealkylation sites (N-methyl/N-ethyl adjacent to an activating group) is 1. The van der Waals surface area contributed by atoms with Crippen LogP contribution in [0.15, 0.2) is 24.3 Å². The molecule has 0 fully saturated rings. The van der Waals surface area contributed by atoms with Gasteiger partial charge in [-0.2, -0.15) is 15.0 Å². The van der Waals surface area contributed by atoms with Gasteiger partial charge in [-0.05, 0) is 49.7 Å². The number of aromatic nitrogens is 3. The van der Waals surface area contributed by atoms with Crippen LogP contribution in [-0.2, 0) is 0 Å². The van der Waals surface area contributed by atoms with E-state index in [1.165, 1.54) is 4.90 Å². The van der Waals surface area contributed by atoms with Crippen LogP contribution in [0.2, 0.25) is 5.28 Å². The lowest BCUT2D eigenvalue weighted by atomic mass is 10.0. The minimum Gasteiger partial charge on any atom is -0.394 e. The van der Waals surface area contributed by atoms with Gasteiger partial charge in [-0.1, -0.05) is 0 Å². The quantitative estimate of drug-likeness (QED) is 0.311. The Bertz CT molecular complexity index is 824. The van der Waals surface area contributed by atoms with E-state index >= 15 is 0 Å². The molecule has 172 valence electrons. The second-order valence-electron chi connectivity index (χ2n) is 7.13. The maximum atomic E-state index is 10.2. The van der Waals surface area contributed by atoms with Crippen molar-refractivity contribution in [3.63, 3.8) is 0 Å². The summed E-state index contributed by atoms with van der Waals surface area (Å²) in [5, 5.41) is 48.3. The highest BCUT2D eigenvalue weighted by atomic mass is 35.5. The SMILES string of the molecule is CCN(CC)c1ccc(-c2nc(Cl)nc(N(C)C[C@@H](O)[C@H](O)[C@@H](O)[C@@H](O)CO)n2)cc1. The van der Waals surface area contributed by atoms with Gasteiger partial charge in [0.05, 0.1) is 6.61 Å². The summed E-state index contributed by atoms with van der Waals surface area (Å²) < 4.78 is 0. The van der Waals surface area contributed by atoms with Crippen LogP contribution in [-0.4, -0.2) is 98.2 Å². The van der Waals surface area contributed by atoms with Gasteiger partial charge in [-0.15, -0.1) is 0 Å². The number of rotatable bonds is 11. The molecule has 10 nitrogen and oxygen atoms in total. The number of nitrogens with zero attached hydrogens (tertiary/aromatic N) is 5. The third kappa shape index (κ3) is 6.45. The van der Waals surface area contributed by atoms with Crippen LogP contribution in [0.4, 0.5) is 11.6 Å². The van der Waals surface area contributed by atoms with Crippen LogP contribution in [0, 0.1) is 0 Å². The Morgan fingerprint density at radius 3 is 2.03 bits per heavy atom. The average Bonchev–Trinajstić information content (AvgIpc) is 2.78. The Hall–Kier alpha value is -2.08. The zero-order valence-electron chi connectivity index (χ0n) is 17.8. The average molecular weight is 456 g/mol. The lowest BCUT2D eigenvalue weighted by Crippen LogP contribution is -2.49. The summed E-state index contributed by atoms with van der Waals surface area (Å²) in [6.45, 7) is 5.03. The Kier molecular flexibility index (Phi) is 9.35. The van der Waals surface area contributed by atoms with Crippen LogP contribution in [0.5, 0.6) is 0 Å². The zero-order chi connectivity index (χ0) is 23.1. The van der Waals surface area contributed by atoms with Crippen molar-refractivity contribution in [2.45, 2.75) is 38.3 Å². The van der Waals surface area contributed by atoms with Gasteiger partial charge in [0.25, 0.3) is 0 Å². The first kappa shape index (κ1) is 25.2. The van der Waals surface area contributed by atoms with Gasteiger partial charge in [0, 0.05) is 37.9 Å². The monoisotopic (exact) mass is 455 g/mol. The molecular formula is C20H30ClN5O5. The minimum atomic E-state index is -1.71. The first-order chi connectivity index (χ1) is 14.7. The Labute approximate surface area is 186 Å². The summed E-state index contributed by atoms with van der Waals surface area (Å²) in [5.41, 5.74) is 1.81. The number of aliphatic hydroxyl groups excluding tert-OH is 5. The molecule has 0 amide bonds. The van der Waals surface area contributed by atoms with E-state index in [0.717, 1.165) is 24.3 Å². The van der Waals surface area contributed by atoms with Crippen molar-refractivity contribution in [1.82, 2.24) is 15.0 Å². The predicted octanol–water partition coefficient (Wildman–Crippen LogP) is -0.0897. The fourth-order valence-electron chi connectivity index (χ4n) is 3.08. The van der Waals surface area contributed by atoms with Gasteiger partial charge in [0.1, 0.15) is 24.4 Å². The van der Waals surface area contributed by atoms with E-state index in [-0.39, 0.29) is 17.8 Å². The van der Waals surface area contributed by atoms with Crippen molar-refractivity contribution >= 4 is 23.2 Å². The minimum absolute atomic E-state index is 0.0366. The summed E-state index contributed by atoms with van der Waals surface area (Å²) in [6, 6.07) is 7.71. The van der Waals surface area contributed by atoms with E-state index in [0.29, 0.717) is 5.82 Å². The molecule has 0 aliphatic rings. The van der Waals surface area contributed by atoms with E-state index in [1.807, 2.05) is 24.3 Å². The molecule has 1 aromatic carbocycles. The van der Waals surface area contributed by atoms with Crippen molar-refractivity contribution in [3.05, 3.63) is 29.5 Å². The normalized spacial score (nSPS) is 15.3. The molecule has 11 heteroatoms. The second kappa shape index (κ2) is 11.5. The Balaban J connectivity index is 2.18. The van der Waals surface area contributed by atoms with Gasteiger partial charge < -0.3 is 35.3 Å². The first-order valence-corrected chi connectivity index (χ1v) is 10.4. The molecule has 1 heterocycles. The molecule has 0 unspecified atom stereocenters. The Morgan fingerprint density at radius 1 is 0.903 bits per heavy atom. The molecule has 0 spiro atoms. The van der Waals surface area contributed by atoms with E-state index in [2.05, 4.69) is 33.7 Å². The van der Waals surface area contributed by atoms with E-state index in [1.54, 1.807) is 7.05 Å². The second-order valence-corrected chi connectivity index (χ2v) is 7.46. The highest BCUT2D eigenvalue weighted by Crippen LogP contribution is 2.23. The van der Waals surface area contributed by atoms with Crippen LogP contribution in [0.1, 0.15) is 13.8 Å². The maximum absolute atomic E-state index is 10.2. The molecule has 31 heavy (non-hydrogen) atoms. The number of benzene rings is 1. The molecular weight excluding hydrogens is 426 g/mol. The predicted molar refractivity (Wildman–Crippen MR) is 118 cm³/mol. The number of halogens is 1. The lowest BCUT2D eigenvalue weighted by Gasteiger charge is -2.28. The highest BCUT2D eigenvalue weighted by molar-refractivity contribution is 6.28. The summed E-state index contributed by atoms with van der Waals surface area (Å²) >= 11 is 6.07. The molecule has 0 saturated heterocycles. The summed E-state index contributed by atoms with van der Waals surface area (Å²) in [4.78, 5) is 16.3. The summed E-state index contributed by atoms with van der Waals surface area (Å²) in [6.07, 6.45) is -6.43. The third-order valence-electron chi connectivity index (χ3n) is 4.98. The van der Waals surface area contributed by atoms with Crippen molar-refractivity contribution in [2.24, 2.45) is 0 Å². The highest BCUT2D eigenvalue weighted by Gasteiger charge is 2.31. The van der Waals surface area contributed by atoms with Crippen molar-refractivity contribution < 1.29 is 25.5 Å².